The van der Waals surface area contributed by atoms with Crippen LogP contribution in [0.15, 0.2) is 53.5 Å². The Balaban J connectivity index is 1.88. The first-order valence-electron chi connectivity index (χ1n) is 9.33. The van der Waals surface area contributed by atoms with Gasteiger partial charge in [-0.15, -0.1) is 0 Å². The second kappa shape index (κ2) is 7.05. The fraction of sp³-hybridized carbons (Fsp3) is 0.227. The normalized spacial score (nSPS) is 11.5. The lowest BCUT2D eigenvalue weighted by Crippen LogP contribution is -2.13. The average Bonchev–Trinajstić information content (AvgIpc) is 3.09. The van der Waals surface area contributed by atoms with Gasteiger partial charge in [0.05, 0.1) is 23.0 Å². The first-order chi connectivity index (χ1) is 13.5. The minimum absolute atomic E-state index is 0.213. The summed E-state index contributed by atoms with van der Waals surface area (Å²) in [5.74, 6) is 0.487. The maximum atomic E-state index is 12.1. The van der Waals surface area contributed by atoms with Crippen molar-refractivity contribution in [3.63, 3.8) is 0 Å². The Bertz CT molecular complexity index is 1200. The second-order valence-corrected chi connectivity index (χ2v) is 7.27. The van der Waals surface area contributed by atoms with Gasteiger partial charge in [0.25, 0.3) is 5.56 Å². The minimum Gasteiger partial charge on any atom is -0.325 e. The van der Waals surface area contributed by atoms with Gasteiger partial charge in [0, 0.05) is 30.1 Å². The molecule has 0 unspecified atom stereocenters. The van der Waals surface area contributed by atoms with E-state index in [2.05, 4.69) is 53.4 Å². The van der Waals surface area contributed by atoms with Crippen molar-refractivity contribution in [1.29, 1.82) is 0 Å². The molecule has 2 heterocycles. The van der Waals surface area contributed by atoms with E-state index in [0.29, 0.717) is 17.0 Å². The van der Waals surface area contributed by atoms with Gasteiger partial charge in [0.2, 0.25) is 0 Å². The van der Waals surface area contributed by atoms with E-state index in [9.17, 15) is 4.79 Å². The zero-order chi connectivity index (χ0) is 19.8. The van der Waals surface area contributed by atoms with Crippen molar-refractivity contribution in [2.24, 2.45) is 12.8 Å². The third-order valence-corrected chi connectivity index (χ3v) is 5.16. The highest BCUT2D eigenvalue weighted by molar-refractivity contribution is 5.91. The van der Waals surface area contributed by atoms with Gasteiger partial charge < -0.3 is 5.73 Å². The van der Waals surface area contributed by atoms with Gasteiger partial charge in [-0.1, -0.05) is 44.2 Å². The van der Waals surface area contributed by atoms with Crippen molar-refractivity contribution in [1.82, 2.24) is 20.0 Å². The number of benzene rings is 2. The van der Waals surface area contributed by atoms with Crippen molar-refractivity contribution in [3.05, 3.63) is 70.3 Å². The number of rotatable bonds is 4. The maximum Gasteiger partial charge on any atom is 0.272 e. The van der Waals surface area contributed by atoms with Crippen LogP contribution in [-0.2, 0) is 13.6 Å². The third-order valence-electron chi connectivity index (χ3n) is 5.16. The van der Waals surface area contributed by atoms with Crippen LogP contribution >= 0.6 is 0 Å². The van der Waals surface area contributed by atoms with Crippen molar-refractivity contribution in [3.8, 4) is 22.4 Å². The summed E-state index contributed by atoms with van der Waals surface area (Å²) in [6, 6.07) is 14.3. The fourth-order valence-electron chi connectivity index (χ4n) is 3.56. The van der Waals surface area contributed by atoms with Gasteiger partial charge in [0.1, 0.15) is 0 Å². The largest absolute Gasteiger partial charge is 0.325 e. The summed E-state index contributed by atoms with van der Waals surface area (Å²) < 4.78 is 1.88. The Morgan fingerprint density at radius 1 is 1.07 bits per heavy atom. The zero-order valence-electron chi connectivity index (χ0n) is 16.2. The van der Waals surface area contributed by atoms with Crippen LogP contribution in [0.1, 0.15) is 31.0 Å². The number of aromatic nitrogens is 4. The predicted octanol–water partition coefficient (Wildman–Crippen LogP) is 3.57. The minimum atomic E-state index is -0.213. The molecule has 0 bridgehead atoms. The molecule has 6 heteroatoms. The molecule has 0 aliphatic heterocycles. The number of aromatic amines is 1. The van der Waals surface area contributed by atoms with Crippen molar-refractivity contribution < 1.29 is 0 Å². The van der Waals surface area contributed by atoms with Gasteiger partial charge in [0.15, 0.2) is 0 Å². The quantitative estimate of drug-likeness (QED) is 0.572. The summed E-state index contributed by atoms with van der Waals surface area (Å²) in [5.41, 5.74) is 11.7. The van der Waals surface area contributed by atoms with E-state index >= 15 is 0 Å². The molecule has 0 aliphatic carbocycles. The second-order valence-electron chi connectivity index (χ2n) is 7.27. The van der Waals surface area contributed by atoms with Crippen LogP contribution in [0.4, 0.5) is 0 Å². The lowest BCUT2D eigenvalue weighted by Gasteiger charge is -2.11. The van der Waals surface area contributed by atoms with Gasteiger partial charge in [-0.3, -0.25) is 9.48 Å². The molecule has 0 saturated heterocycles. The summed E-state index contributed by atoms with van der Waals surface area (Å²) in [5, 5.41) is 12.4. The molecule has 4 aromatic rings. The van der Waals surface area contributed by atoms with Crippen LogP contribution in [0, 0.1) is 0 Å². The van der Waals surface area contributed by atoms with Crippen LogP contribution in [0.3, 0.4) is 0 Å². The van der Waals surface area contributed by atoms with E-state index in [1.165, 1.54) is 5.56 Å². The molecule has 0 radical (unpaired) electrons. The van der Waals surface area contributed by atoms with E-state index in [1.54, 1.807) is 0 Å². The fourth-order valence-corrected chi connectivity index (χ4v) is 3.56. The molecule has 0 amide bonds. The number of nitrogens with two attached hydrogens (primary N) is 1. The van der Waals surface area contributed by atoms with Gasteiger partial charge in [-0.05, 0) is 29.2 Å². The Morgan fingerprint density at radius 2 is 1.79 bits per heavy atom. The molecule has 6 nitrogen and oxygen atoms in total. The van der Waals surface area contributed by atoms with Crippen molar-refractivity contribution >= 4 is 10.8 Å². The standard InChI is InChI=1S/C22H23N5O/c1-13(2)14-4-6-15(7-5-14)21-19(12-24-27(21)3)16-8-9-17-18(10-16)20(11-23)25-26-22(17)28/h4-10,12-13H,11,23H2,1-3H3,(H,26,28). The average molecular weight is 373 g/mol. The molecule has 142 valence electrons. The van der Waals surface area contributed by atoms with E-state index in [4.69, 9.17) is 5.73 Å². The van der Waals surface area contributed by atoms with Crippen LogP contribution in [0.5, 0.6) is 0 Å². The van der Waals surface area contributed by atoms with Gasteiger partial charge in [-0.2, -0.15) is 10.2 Å². The van der Waals surface area contributed by atoms with E-state index in [1.807, 2.05) is 36.1 Å². The molecule has 0 aliphatic rings. The SMILES string of the molecule is CC(C)c1ccc(-c2c(-c3ccc4c(=O)[nH]nc(CN)c4c3)cnn2C)cc1. The van der Waals surface area contributed by atoms with Gasteiger partial charge >= 0.3 is 0 Å². The number of H-pyrrole nitrogens is 1. The topological polar surface area (TPSA) is 89.6 Å². The Kier molecular flexibility index (Phi) is 4.57. The van der Waals surface area contributed by atoms with Crippen molar-refractivity contribution in [2.75, 3.05) is 0 Å². The lowest BCUT2D eigenvalue weighted by atomic mass is 9.96. The molecule has 0 atom stereocenters. The molecule has 28 heavy (non-hydrogen) atoms. The smallest absolute Gasteiger partial charge is 0.272 e. The van der Waals surface area contributed by atoms with Crippen LogP contribution in [0.2, 0.25) is 0 Å². The monoisotopic (exact) mass is 373 g/mol. The molecule has 2 aromatic heterocycles. The number of hydrogen-bond donors (Lipinski definition) is 2. The summed E-state index contributed by atoms with van der Waals surface area (Å²) in [6.07, 6.45) is 1.86. The summed E-state index contributed by atoms with van der Waals surface area (Å²) in [7, 11) is 1.94. The lowest BCUT2D eigenvalue weighted by molar-refractivity contribution is 0.775. The highest BCUT2D eigenvalue weighted by Gasteiger charge is 2.15. The Morgan fingerprint density at radius 3 is 2.46 bits per heavy atom. The number of nitrogens with zero attached hydrogens (tertiary/aromatic N) is 3. The number of fused-ring (bicyclic) bond motifs is 1. The molecular weight excluding hydrogens is 350 g/mol. The molecule has 0 saturated carbocycles. The highest BCUT2D eigenvalue weighted by Crippen LogP contribution is 2.33. The number of aryl methyl sites for hydroxylation is 1. The van der Waals surface area contributed by atoms with E-state index in [-0.39, 0.29) is 12.1 Å². The maximum absolute atomic E-state index is 12.1. The summed E-state index contributed by atoms with van der Waals surface area (Å²) in [6.45, 7) is 4.63. The number of nitrogens with one attached hydrogen (secondary N) is 1. The van der Waals surface area contributed by atoms with Gasteiger partial charge in [-0.25, -0.2) is 5.10 Å². The van der Waals surface area contributed by atoms with Crippen LogP contribution < -0.4 is 11.3 Å². The molecule has 3 N–H and O–H groups in total. The summed E-state index contributed by atoms with van der Waals surface area (Å²) >= 11 is 0. The first-order valence-corrected chi connectivity index (χ1v) is 9.33. The van der Waals surface area contributed by atoms with E-state index in [0.717, 1.165) is 27.8 Å². The number of hydrogen-bond acceptors (Lipinski definition) is 4. The molecule has 4 rings (SSSR count). The molecule has 2 aromatic carbocycles. The zero-order valence-corrected chi connectivity index (χ0v) is 16.2. The first kappa shape index (κ1) is 18.1. The molecular formula is C22H23N5O. The van der Waals surface area contributed by atoms with Crippen LogP contribution in [-0.4, -0.2) is 20.0 Å². The van der Waals surface area contributed by atoms with Crippen molar-refractivity contribution in [2.45, 2.75) is 26.3 Å². The van der Waals surface area contributed by atoms with E-state index < -0.39 is 0 Å². The molecule has 0 fully saturated rings. The summed E-state index contributed by atoms with van der Waals surface area (Å²) in [4.78, 5) is 12.1. The Labute approximate surface area is 163 Å². The van der Waals surface area contributed by atoms with Crippen LogP contribution in [0.25, 0.3) is 33.2 Å². The third kappa shape index (κ3) is 3.01. The Hall–Kier alpha value is -3.25. The molecule has 0 spiro atoms. The highest BCUT2D eigenvalue weighted by atomic mass is 16.1. The predicted molar refractivity (Wildman–Crippen MR) is 112 cm³/mol.